The summed E-state index contributed by atoms with van der Waals surface area (Å²) in [5, 5.41) is 3.25. The normalized spacial score (nSPS) is 13.3. The van der Waals surface area contributed by atoms with Crippen molar-refractivity contribution in [1.29, 1.82) is 0 Å². The third-order valence-corrected chi connectivity index (χ3v) is 2.67. The van der Waals surface area contributed by atoms with Gasteiger partial charge in [0, 0.05) is 31.1 Å². The summed E-state index contributed by atoms with van der Waals surface area (Å²) in [7, 11) is 1.98. The first-order valence-corrected chi connectivity index (χ1v) is 6.05. The molecule has 0 saturated heterocycles. The quantitative estimate of drug-likeness (QED) is 0.720. The number of ether oxygens (including phenoxy) is 1. The minimum absolute atomic E-state index is 0.389. The molecule has 0 aromatic carbocycles. The van der Waals surface area contributed by atoms with Crippen molar-refractivity contribution >= 4 is 0 Å². The number of nitrogens with one attached hydrogen (secondary N) is 1. The van der Waals surface area contributed by atoms with Gasteiger partial charge in [0.2, 0.25) is 0 Å². The molecule has 3 heteroatoms. The predicted molar refractivity (Wildman–Crippen MR) is 67.6 cm³/mol. The fraction of sp³-hybridized carbons (Fsp3) is 0.692. The van der Waals surface area contributed by atoms with E-state index < -0.39 is 0 Å². The molecule has 0 aliphatic carbocycles. The summed E-state index contributed by atoms with van der Waals surface area (Å²) < 4.78 is 7.85. The fourth-order valence-corrected chi connectivity index (χ4v) is 1.65. The molecule has 1 atom stereocenters. The van der Waals surface area contributed by atoms with E-state index in [2.05, 4.69) is 49.0 Å². The Hall–Kier alpha value is -0.800. The lowest BCUT2D eigenvalue weighted by Crippen LogP contribution is -2.18. The zero-order chi connectivity index (χ0) is 12.0. The van der Waals surface area contributed by atoms with Gasteiger partial charge >= 0.3 is 0 Å². The first-order chi connectivity index (χ1) is 7.65. The summed E-state index contributed by atoms with van der Waals surface area (Å²) in [4.78, 5) is 0. The Kier molecular flexibility index (Phi) is 5.56. The van der Waals surface area contributed by atoms with E-state index in [1.807, 2.05) is 7.05 Å². The molecule has 0 amide bonds. The summed E-state index contributed by atoms with van der Waals surface area (Å²) in [6.07, 6.45) is 2.11. The SMILES string of the molecule is CNC(C)c1cccn1CCOCC(C)C. The Labute approximate surface area is 98.8 Å². The van der Waals surface area contributed by atoms with Crippen molar-refractivity contribution in [3.05, 3.63) is 24.0 Å². The van der Waals surface area contributed by atoms with E-state index in [4.69, 9.17) is 4.74 Å². The van der Waals surface area contributed by atoms with Gasteiger partial charge in [-0.25, -0.2) is 0 Å². The lowest BCUT2D eigenvalue weighted by molar-refractivity contribution is 0.102. The maximum atomic E-state index is 5.60. The first-order valence-electron chi connectivity index (χ1n) is 6.05. The largest absolute Gasteiger partial charge is 0.379 e. The Bertz CT molecular complexity index is 294. The van der Waals surface area contributed by atoms with E-state index in [1.165, 1.54) is 5.69 Å². The molecule has 0 spiro atoms. The fourth-order valence-electron chi connectivity index (χ4n) is 1.65. The van der Waals surface area contributed by atoms with Gasteiger partial charge in [-0.3, -0.25) is 0 Å². The molecule has 0 bridgehead atoms. The summed E-state index contributed by atoms with van der Waals surface area (Å²) in [5.74, 6) is 0.611. The van der Waals surface area contributed by atoms with E-state index in [0.29, 0.717) is 12.0 Å². The zero-order valence-corrected chi connectivity index (χ0v) is 10.9. The lowest BCUT2D eigenvalue weighted by atomic mass is 10.2. The third-order valence-electron chi connectivity index (χ3n) is 2.67. The third kappa shape index (κ3) is 3.99. The van der Waals surface area contributed by atoms with Crippen molar-refractivity contribution in [3.63, 3.8) is 0 Å². The van der Waals surface area contributed by atoms with E-state index in [0.717, 1.165) is 19.8 Å². The second kappa shape index (κ2) is 6.71. The van der Waals surface area contributed by atoms with Gasteiger partial charge in [0.1, 0.15) is 0 Å². The van der Waals surface area contributed by atoms with Crippen LogP contribution in [0, 0.1) is 5.92 Å². The molecule has 1 aromatic heterocycles. The summed E-state index contributed by atoms with van der Waals surface area (Å²) in [6, 6.07) is 4.63. The highest BCUT2D eigenvalue weighted by atomic mass is 16.5. The molecule has 0 fully saturated rings. The van der Waals surface area contributed by atoms with Crippen LogP contribution in [0.15, 0.2) is 18.3 Å². The van der Waals surface area contributed by atoms with Crippen molar-refractivity contribution in [2.24, 2.45) is 5.92 Å². The Morgan fingerprint density at radius 2 is 2.12 bits per heavy atom. The molecular formula is C13H24N2O. The van der Waals surface area contributed by atoms with Crippen LogP contribution >= 0.6 is 0 Å². The van der Waals surface area contributed by atoms with Crippen LogP contribution in [-0.2, 0) is 11.3 Å². The standard InChI is InChI=1S/C13H24N2O/c1-11(2)10-16-9-8-15-7-5-6-13(15)12(3)14-4/h5-7,11-12,14H,8-10H2,1-4H3. The minimum atomic E-state index is 0.389. The maximum absolute atomic E-state index is 5.60. The van der Waals surface area contributed by atoms with Gasteiger partial charge in [0.05, 0.1) is 6.61 Å². The van der Waals surface area contributed by atoms with Gasteiger partial charge in [-0.15, -0.1) is 0 Å². The van der Waals surface area contributed by atoms with Crippen molar-refractivity contribution in [1.82, 2.24) is 9.88 Å². The molecular weight excluding hydrogens is 200 g/mol. The molecule has 0 saturated carbocycles. The van der Waals surface area contributed by atoms with Crippen molar-refractivity contribution in [2.75, 3.05) is 20.3 Å². The average Bonchev–Trinajstić information content (AvgIpc) is 2.71. The predicted octanol–water partition coefficient (Wildman–Crippen LogP) is 2.44. The Morgan fingerprint density at radius 1 is 1.38 bits per heavy atom. The second-order valence-electron chi connectivity index (χ2n) is 4.61. The highest BCUT2D eigenvalue weighted by Crippen LogP contribution is 2.12. The number of nitrogens with zero attached hydrogens (tertiary/aromatic N) is 1. The van der Waals surface area contributed by atoms with E-state index in [-0.39, 0.29) is 0 Å². The Balaban J connectivity index is 2.39. The average molecular weight is 224 g/mol. The summed E-state index contributed by atoms with van der Waals surface area (Å²) in [6.45, 7) is 9.07. The van der Waals surface area contributed by atoms with Crippen LogP contribution in [0.2, 0.25) is 0 Å². The van der Waals surface area contributed by atoms with Crippen LogP contribution in [0.3, 0.4) is 0 Å². The van der Waals surface area contributed by atoms with Crippen molar-refractivity contribution in [3.8, 4) is 0 Å². The summed E-state index contributed by atoms with van der Waals surface area (Å²) >= 11 is 0. The number of rotatable bonds is 7. The van der Waals surface area contributed by atoms with Gasteiger partial charge in [0.15, 0.2) is 0 Å². The van der Waals surface area contributed by atoms with Gasteiger partial charge < -0.3 is 14.6 Å². The highest BCUT2D eigenvalue weighted by molar-refractivity contribution is 5.11. The van der Waals surface area contributed by atoms with E-state index >= 15 is 0 Å². The molecule has 92 valence electrons. The molecule has 0 radical (unpaired) electrons. The highest BCUT2D eigenvalue weighted by Gasteiger charge is 2.07. The number of aromatic nitrogens is 1. The van der Waals surface area contributed by atoms with E-state index in [1.54, 1.807) is 0 Å². The van der Waals surface area contributed by atoms with Crippen molar-refractivity contribution in [2.45, 2.75) is 33.4 Å². The summed E-state index contributed by atoms with van der Waals surface area (Å²) in [5.41, 5.74) is 1.32. The number of hydrogen-bond donors (Lipinski definition) is 1. The smallest absolute Gasteiger partial charge is 0.0645 e. The molecule has 1 unspecified atom stereocenters. The van der Waals surface area contributed by atoms with Gasteiger partial charge in [-0.05, 0) is 32.0 Å². The van der Waals surface area contributed by atoms with Crippen LogP contribution in [-0.4, -0.2) is 24.8 Å². The van der Waals surface area contributed by atoms with E-state index in [9.17, 15) is 0 Å². The van der Waals surface area contributed by atoms with Crippen LogP contribution < -0.4 is 5.32 Å². The molecule has 0 aliphatic heterocycles. The zero-order valence-electron chi connectivity index (χ0n) is 10.9. The lowest BCUT2D eigenvalue weighted by Gasteiger charge is -2.15. The van der Waals surface area contributed by atoms with Crippen molar-refractivity contribution < 1.29 is 4.74 Å². The van der Waals surface area contributed by atoms with Gasteiger partial charge in [0.25, 0.3) is 0 Å². The second-order valence-corrected chi connectivity index (χ2v) is 4.61. The Morgan fingerprint density at radius 3 is 2.75 bits per heavy atom. The van der Waals surface area contributed by atoms with Gasteiger partial charge in [-0.1, -0.05) is 13.8 Å². The molecule has 3 nitrogen and oxygen atoms in total. The van der Waals surface area contributed by atoms with Crippen LogP contribution in [0.25, 0.3) is 0 Å². The molecule has 16 heavy (non-hydrogen) atoms. The molecule has 1 rings (SSSR count). The minimum Gasteiger partial charge on any atom is -0.379 e. The number of hydrogen-bond acceptors (Lipinski definition) is 2. The molecule has 1 aromatic rings. The molecule has 1 heterocycles. The monoisotopic (exact) mass is 224 g/mol. The van der Waals surface area contributed by atoms with Crippen LogP contribution in [0.4, 0.5) is 0 Å². The topological polar surface area (TPSA) is 26.2 Å². The first kappa shape index (κ1) is 13.3. The van der Waals surface area contributed by atoms with Crippen LogP contribution in [0.5, 0.6) is 0 Å². The molecule has 0 aliphatic rings. The van der Waals surface area contributed by atoms with Crippen LogP contribution in [0.1, 0.15) is 32.5 Å². The maximum Gasteiger partial charge on any atom is 0.0645 e. The molecule has 1 N–H and O–H groups in total. The van der Waals surface area contributed by atoms with Gasteiger partial charge in [-0.2, -0.15) is 0 Å².